The number of ether oxygens (including phenoxy) is 2. The van der Waals surface area contributed by atoms with Crippen molar-refractivity contribution in [3.63, 3.8) is 0 Å². The fourth-order valence-electron chi connectivity index (χ4n) is 2.67. The summed E-state index contributed by atoms with van der Waals surface area (Å²) < 4.78 is 12.6. The number of nitrogens with zero attached hydrogens (tertiary/aromatic N) is 1. The maximum absolute atomic E-state index is 12.1. The van der Waals surface area contributed by atoms with E-state index in [0.29, 0.717) is 10.2 Å². The standard InChI is InChI=1S/C21H17Br2N3O6/c1-12(32-16-6-4-15(5-7-16)26(29)30)21(28)25-24-19(27)11-31-18-9-2-13-10-14(22)3-8-17(13)20(18)23/h2-10,12H,11H2,1H3,(H,24,27)(H,25,28). The summed E-state index contributed by atoms with van der Waals surface area (Å²) in [4.78, 5) is 34.3. The van der Waals surface area contributed by atoms with Crippen molar-refractivity contribution in [2.75, 3.05) is 6.61 Å². The van der Waals surface area contributed by atoms with Crippen LogP contribution in [0.25, 0.3) is 10.8 Å². The fourth-order valence-corrected chi connectivity index (χ4v) is 3.66. The first-order valence-corrected chi connectivity index (χ1v) is 10.8. The van der Waals surface area contributed by atoms with Crippen LogP contribution >= 0.6 is 31.9 Å². The normalized spacial score (nSPS) is 11.5. The second kappa shape index (κ2) is 10.4. The number of nitrogens with one attached hydrogen (secondary N) is 2. The Balaban J connectivity index is 1.48. The first kappa shape index (κ1) is 23.5. The zero-order valence-corrected chi connectivity index (χ0v) is 19.8. The molecule has 32 heavy (non-hydrogen) atoms. The van der Waals surface area contributed by atoms with Gasteiger partial charge in [0.05, 0.1) is 9.40 Å². The summed E-state index contributed by atoms with van der Waals surface area (Å²) in [6.07, 6.45) is -0.952. The molecule has 3 aromatic rings. The third-order valence-corrected chi connectivity index (χ3v) is 5.61. The molecule has 1 atom stereocenters. The number of rotatable bonds is 7. The van der Waals surface area contributed by atoms with E-state index in [9.17, 15) is 19.7 Å². The molecule has 11 heteroatoms. The predicted octanol–water partition coefficient (Wildman–Crippen LogP) is 4.27. The van der Waals surface area contributed by atoms with Crippen LogP contribution in [0.1, 0.15) is 6.92 Å². The molecule has 0 radical (unpaired) electrons. The Bertz CT molecular complexity index is 1170. The van der Waals surface area contributed by atoms with Gasteiger partial charge in [-0.1, -0.05) is 28.1 Å². The second-order valence-corrected chi connectivity index (χ2v) is 8.29. The average molecular weight is 567 g/mol. The molecular weight excluding hydrogens is 550 g/mol. The SMILES string of the molecule is CC(Oc1ccc([N+](=O)[O-])cc1)C(=O)NNC(=O)COc1ccc2cc(Br)ccc2c1Br. The molecule has 9 nitrogen and oxygen atoms in total. The Labute approximate surface area is 199 Å². The number of hydrogen-bond donors (Lipinski definition) is 2. The molecule has 0 aromatic heterocycles. The van der Waals surface area contributed by atoms with Crippen molar-refractivity contribution in [2.24, 2.45) is 0 Å². The zero-order chi connectivity index (χ0) is 23.3. The molecule has 0 aliphatic heterocycles. The van der Waals surface area contributed by atoms with Crippen molar-refractivity contribution in [3.05, 3.63) is 73.7 Å². The van der Waals surface area contributed by atoms with Gasteiger partial charge in [0.15, 0.2) is 12.7 Å². The van der Waals surface area contributed by atoms with Crippen molar-refractivity contribution in [1.82, 2.24) is 10.9 Å². The molecule has 0 aliphatic rings. The molecule has 3 rings (SSSR count). The van der Waals surface area contributed by atoms with Crippen molar-refractivity contribution >= 4 is 60.1 Å². The van der Waals surface area contributed by atoms with Gasteiger partial charge in [0.2, 0.25) is 0 Å². The highest BCUT2D eigenvalue weighted by molar-refractivity contribution is 9.11. The number of halogens is 2. The minimum absolute atomic E-state index is 0.0901. The molecule has 0 bridgehead atoms. The van der Waals surface area contributed by atoms with Crippen LogP contribution in [0.2, 0.25) is 0 Å². The smallest absolute Gasteiger partial charge is 0.279 e. The lowest BCUT2D eigenvalue weighted by Gasteiger charge is -2.15. The van der Waals surface area contributed by atoms with Crippen molar-refractivity contribution in [2.45, 2.75) is 13.0 Å². The number of nitro benzene ring substituents is 1. The Morgan fingerprint density at radius 3 is 2.47 bits per heavy atom. The number of hydrazine groups is 1. The molecule has 2 N–H and O–H groups in total. The molecule has 0 aliphatic carbocycles. The highest BCUT2D eigenvalue weighted by atomic mass is 79.9. The van der Waals surface area contributed by atoms with E-state index in [1.165, 1.54) is 31.2 Å². The van der Waals surface area contributed by atoms with Gasteiger partial charge in [-0.15, -0.1) is 0 Å². The van der Waals surface area contributed by atoms with Crippen molar-refractivity contribution < 1.29 is 24.0 Å². The van der Waals surface area contributed by atoms with Gasteiger partial charge in [-0.05, 0) is 64.0 Å². The van der Waals surface area contributed by atoms with E-state index in [2.05, 4.69) is 42.7 Å². The molecule has 0 saturated heterocycles. The molecule has 2 amide bonds. The highest BCUT2D eigenvalue weighted by Crippen LogP contribution is 2.34. The van der Waals surface area contributed by atoms with Crippen molar-refractivity contribution in [3.8, 4) is 11.5 Å². The lowest BCUT2D eigenvalue weighted by Crippen LogP contribution is -2.48. The molecule has 166 valence electrons. The second-order valence-electron chi connectivity index (χ2n) is 6.58. The van der Waals surface area contributed by atoms with E-state index in [0.717, 1.165) is 15.2 Å². The number of non-ortho nitro benzene ring substituents is 1. The number of hydrogen-bond acceptors (Lipinski definition) is 6. The number of nitro groups is 1. The van der Waals surface area contributed by atoms with E-state index >= 15 is 0 Å². The van der Waals surface area contributed by atoms with Gasteiger partial charge in [0.1, 0.15) is 11.5 Å². The summed E-state index contributed by atoms with van der Waals surface area (Å²) in [7, 11) is 0. The summed E-state index contributed by atoms with van der Waals surface area (Å²) in [5.41, 5.74) is 4.41. The number of fused-ring (bicyclic) bond motifs is 1. The molecule has 0 spiro atoms. The van der Waals surface area contributed by atoms with E-state index in [4.69, 9.17) is 9.47 Å². The van der Waals surface area contributed by atoms with E-state index in [-0.39, 0.29) is 18.0 Å². The van der Waals surface area contributed by atoms with Gasteiger partial charge >= 0.3 is 0 Å². The average Bonchev–Trinajstić information content (AvgIpc) is 2.77. The number of carbonyl (C=O) groups excluding carboxylic acids is 2. The third-order valence-electron chi connectivity index (χ3n) is 4.29. The Hall–Kier alpha value is -3.18. The lowest BCUT2D eigenvalue weighted by atomic mass is 10.1. The van der Waals surface area contributed by atoms with E-state index < -0.39 is 22.8 Å². The Kier molecular flexibility index (Phi) is 7.65. The summed E-state index contributed by atoms with van der Waals surface area (Å²) in [6, 6.07) is 14.7. The van der Waals surface area contributed by atoms with Crippen LogP contribution in [0, 0.1) is 10.1 Å². The van der Waals surface area contributed by atoms with Gasteiger partial charge in [0.25, 0.3) is 17.5 Å². The molecule has 0 saturated carbocycles. The molecule has 1 unspecified atom stereocenters. The summed E-state index contributed by atoms with van der Waals surface area (Å²) in [5, 5.41) is 12.6. The minimum atomic E-state index is -0.952. The first-order chi connectivity index (χ1) is 15.2. The van der Waals surface area contributed by atoms with Crippen LogP contribution in [-0.4, -0.2) is 29.4 Å². The topological polar surface area (TPSA) is 120 Å². The van der Waals surface area contributed by atoms with Crippen LogP contribution < -0.4 is 20.3 Å². The molecule has 0 fully saturated rings. The van der Waals surface area contributed by atoms with Gasteiger partial charge in [-0.3, -0.25) is 30.6 Å². The summed E-state index contributed by atoms with van der Waals surface area (Å²) in [6.45, 7) is 1.16. The lowest BCUT2D eigenvalue weighted by molar-refractivity contribution is -0.384. The number of amides is 2. The third kappa shape index (κ3) is 5.95. The van der Waals surface area contributed by atoms with Gasteiger partial charge in [-0.25, -0.2) is 0 Å². The number of benzene rings is 3. The Morgan fingerprint density at radius 2 is 1.78 bits per heavy atom. The Morgan fingerprint density at radius 1 is 1.06 bits per heavy atom. The van der Waals surface area contributed by atoms with Crippen LogP contribution in [0.3, 0.4) is 0 Å². The fraction of sp³-hybridized carbons (Fsp3) is 0.143. The maximum atomic E-state index is 12.1. The number of carbonyl (C=O) groups is 2. The largest absolute Gasteiger partial charge is 0.483 e. The zero-order valence-electron chi connectivity index (χ0n) is 16.6. The van der Waals surface area contributed by atoms with Crippen LogP contribution in [-0.2, 0) is 9.59 Å². The van der Waals surface area contributed by atoms with Crippen LogP contribution in [0.5, 0.6) is 11.5 Å². The van der Waals surface area contributed by atoms with E-state index in [1.807, 2.05) is 24.3 Å². The highest BCUT2D eigenvalue weighted by Gasteiger charge is 2.16. The maximum Gasteiger partial charge on any atom is 0.279 e. The summed E-state index contributed by atoms with van der Waals surface area (Å²) in [5.74, 6) is -0.407. The van der Waals surface area contributed by atoms with Gasteiger partial charge in [0, 0.05) is 16.6 Å². The minimum Gasteiger partial charge on any atom is -0.483 e. The molecular formula is C21H17Br2N3O6. The van der Waals surface area contributed by atoms with E-state index in [1.54, 1.807) is 6.07 Å². The molecule has 0 heterocycles. The first-order valence-electron chi connectivity index (χ1n) is 9.25. The molecule has 3 aromatic carbocycles. The van der Waals surface area contributed by atoms with Crippen LogP contribution in [0.15, 0.2) is 63.5 Å². The van der Waals surface area contributed by atoms with Gasteiger partial charge < -0.3 is 9.47 Å². The van der Waals surface area contributed by atoms with Crippen LogP contribution in [0.4, 0.5) is 5.69 Å². The quantitative estimate of drug-likeness (QED) is 0.325. The summed E-state index contributed by atoms with van der Waals surface area (Å²) >= 11 is 6.91. The monoisotopic (exact) mass is 565 g/mol. The predicted molar refractivity (Wildman–Crippen MR) is 124 cm³/mol. The van der Waals surface area contributed by atoms with Crippen molar-refractivity contribution in [1.29, 1.82) is 0 Å². The van der Waals surface area contributed by atoms with Gasteiger partial charge in [-0.2, -0.15) is 0 Å².